The maximum atomic E-state index is 9.60. The summed E-state index contributed by atoms with van der Waals surface area (Å²) in [6.45, 7) is 7.21. The van der Waals surface area contributed by atoms with E-state index in [0.717, 1.165) is 28.4 Å². The number of para-hydroxylation sites is 3. The molecule has 8 aromatic carbocycles. The summed E-state index contributed by atoms with van der Waals surface area (Å²) in [5, 5.41) is 18.4. The topological polar surface area (TPSA) is 30.3 Å². The summed E-state index contributed by atoms with van der Waals surface area (Å²) < 4.78 is 0. The Hall–Kier alpha value is -5.89. The molecule has 0 N–H and O–H groups in total. The average Bonchev–Trinajstić information content (AvgIpc) is 3.13. The van der Waals surface area contributed by atoms with E-state index in [1.165, 1.54) is 43.2 Å². The molecule has 0 saturated carbocycles. The Morgan fingerprint density at radius 3 is 1.42 bits per heavy atom. The van der Waals surface area contributed by atoms with Crippen LogP contribution in [-0.4, -0.2) is 8.07 Å². The van der Waals surface area contributed by atoms with Gasteiger partial charge >= 0.3 is 0 Å². The quantitative estimate of drug-likeness (QED) is 0.129. The number of benzene rings is 8. The molecule has 0 atom stereocenters. The minimum Gasteiger partial charge on any atom is -0.310 e. The summed E-state index contributed by atoms with van der Waals surface area (Å²) in [7, 11) is -1.74. The molecular weight excluding hydrogens is 599 g/mol. The fourth-order valence-electron chi connectivity index (χ4n) is 7.14. The van der Waals surface area contributed by atoms with Crippen LogP contribution < -0.4 is 15.0 Å². The molecule has 0 amide bonds. The zero-order valence-electron chi connectivity index (χ0n) is 27.4. The maximum absolute atomic E-state index is 9.60. The van der Waals surface area contributed by atoms with Gasteiger partial charge in [0, 0.05) is 33.5 Å². The zero-order valence-corrected chi connectivity index (χ0v) is 28.4. The lowest BCUT2D eigenvalue weighted by atomic mass is 9.91. The molecule has 0 aliphatic rings. The standard InChI is InChI=1S/C44H35N3Si/c1-48(2,3)42-17-11-10-16-41(42)47(36-24-18-31(30-45)19-25-36)40-29-23-33-20-26-37-39(28-22-32-21-27-38(40)44(33)43(32)37)46(34-12-6-4-7-13-34)35-14-8-5-9-15-35/h4-29H,1-3H3. The van der Waals surface area contributed by atoms with Crippen LogP contribution >= 0.6 is 0 Å². The molecule has 48 heavy (non-hydrogen) atoms. The molecule has 0 radical (unpaired) electrons. The van der Waals surface area contributed by atoms with Crippen LogP contribution in [0.3, 0.4) is 0 Å². The first-order valence-corrected chi connectivity index (χ1v) is 19.9. The number of nitrogens with zero attached hydrogens (tertiary/aromatic N) is 3. The molecule has 3 nitrogen and oxygen atoms in total. The van der Waals surface area contributed by atoms with Crippen molar-refractivity contribution >= 4 is 79.7 Å². The highest BCUT2D eigenvalue weighted by Crippen LogP contribution is 2.47. The SMILES string of the molecule is C[Si](C)(C)c1ccccc1N(c1ccc(C#N)cc1)c1ccc2ccc3c(N(c4ccccc4)c4ccccc4)ccc4ccc1c2c43. The average molecular weight is 634 g/mol. The smallest absolute Gasteiger partial charge is 0.0991 e. The molecule has 0 aliphatic heterocycles. The zero-order chi connectivity index (χ0) is 32.8. The second-order valence-electron chi connectivity index (χ2n) is 13.4. The first-order valence-electron chi connectivity index (χ1n) is 16.4. The van der Waals surface area contributed by atoms with Crippen molar-refractivity contribution in [3.05, 3.63) is 163 Å². The fraction of sp³-hybridized carbons (Fsp3) is 0.0682. The van der Waals surface area contributed by atoms with Crippen LogP contribution in [0, 0.1) is 11.3 Å². The first kappa shape index (κ1) is 29.5. The van der Waals surface area contributed by atoms with Crippen molar-refractivity contribution in [2.45, 2.75) is 19.6 Å². The molecule has 0 aromatic heterocycles. The monoisotopic (exact) mass is 633 g/mol. The van der Waals surface area contributed by atoms with Crippen LogP contribution in [0.15, 0.2) is 158 Å². The van der Waals surface area contributed by atoms with Crippen molar-refractivity contribution in [1.82, 2.24) is 0 Å². The highest BCUT2D eigenvalue weighted by Gasteiger charge is 2.26. The highest BCUT2D eigenvalue weighted by molar-refractivity contribution is 6.89. The van der Waals surface area contributed by atoms with Gasteiger partial charge in [-0.05, 0) is 93.5 Å². The predicted molar refractivity (Wildman–Crippen MR) is 207 cm³/mol. The minimum atomic E-state index is -1.74. The summed E-state index contributed by atoms with van der Waals surface area (Å²) in [5.74, 6) is 0. The summed E-state index contributed by atoms with van der Waals surface area (Å²) >= 11 is 0. The van der Waals surface area contributed by atoms with Gasteiger partial charge in [0.25, 0.3) is 0 Å². The van der Waals surface area contributed by atoms with Crippen molar-refractivity contribution in [2.24, 2.45) is 0 Å². The molecule has 0 unspecified atom stereocenters. The van der Waals surface area contributed by atoms with Gasteiger partial charge in [-0.25, -0.2) is 0 Å². The third-order valence-corrected chi connectivity index (χ3v) is 11.4. The number of hydrogen-bond donors (Lipinski definition) is 0. The molecule has 0 fully saturated rings. The Morgan fingerprint density at radius 1 is 0.438 bits per heavy atom. The molecule has 0 heterocycles. The Balaban J connectivity index is 1.42. The van der Waals surface area contributed by atoms with Crippen LogP contribution in [0.2, 0.25) is 19.6 Å². The Morgan fingerprint density at radius 2 is 0.896 bits per heavy atom. The van der Waals surface area contributed by atoms with Crippen molar-refractivity contribution in [3.63, 3.8) is 0 Å². The van der Waals surface area contributed by atoms with Crippen molar-refractivity contribution in [2.75, 3.05) is 9.80 Å². The number of rotatable bonds is 7. The second-order valence-corrected chi connectivity index (χ2v) is 18.4. The lowest BCUT2D eigenvalue weighted by Gasteiger charge is -2.32. The summed E-state index contributed by atoms with van der Waals surface area (Å²) in [4.78, 5) is 4.77. The highest BCUT2D eigenvalue weighted by atomic mass is 28.3. The van der Waals surface area contributed by atoms with E-state index in [1.54, 1.807) is 0 Å². The molecule has 0 saturated heterocycles. The van der Waals surface area contributed by atoms with E-state index in [4.69, 9.17) is 0 Å². The van der Waals surface area contributed by atoms with Crippen molar-refractivity contribution in [3.8, 4) is 6.07 Å². The summed E-state index contributed by atoms with van der Waals surface area (Å²) in [6.07, 6.45) is 0. The predicted octanol–water partition coefficient (Wildman–Crippen LogP) is 11.9. The van der Waals surface area contributed by atoms with Crippen molar-refractivity contribution in [1.29, 1.82) is 5.26 Å². The van der Waals surface area contributed by atoms with E-state index in [9.17, 15) is 5.26 Å². The van der Waals surface area contributed by atoms with Gasteiger partial charge in [-0.2, -0.15) is 5.26 Å². The summed E-state index contributed by atoms with van der Waals surface area (Å²) in [6, 6.07) is 58.5. The van der Waals surface area contributed by atoms with Crippen LogP contribution in [0.25, 0.3) is 32.3 Å². The molecule has 230 valence electrons. The fourth-order valence-corrected chi connectivity index (χ4v) is 8.70. The molecule has 8 aromatic rings. The third-order valence-electron chi connectivity index (χ3n) is 9.34. The van der Waals surface area contributed by atoms with Crippen LogP contribution in [0.1, 0.15) is 5.56 Å². The number of hydrogen-bond acceptors (Lipinski definition) is 3. The van der Waals surface area contributed by atoms with Gasteiger partial charge in [0.1, 0.15) is 0 Å². The van der Waals surface area contributed by atoms with E-state index < -0.39 is 8.07 Å². The van der Waals surface area contributed by atoms with E-state index in [2.05, 4.69) is 181 Å². The van der Waals surface area contributed by atoms with Crippen molar-refractivity contribution < 1.29 is 0 Å². The maximum Gasteiger partial charge on any atom is 0.0991 e. The van der Waals surface area contributed by atoms with Crippen LogP contribution in [0.5, 0.6) is 0 Å². The van der Waals surface area contributed by atoms with Crippen LogP contribution in [-0.2, 0) is 0 Å². The van der Waals surface area contributed by atoms with E-state index >= 15 is 0 Å². The lowest BCUT2D eigenvalue weighted by Crippen LogP contribution is -2.40. The molecule has 0 aliphatic carbocycles. The van der Waals surface area contributed by atoms with Gasteiger partial charge in [0.2, 0.25) is 0 Å². The van der Waals surface area contributed by atoms with Gasteiger partial charge in [0.15, 0.2) is 0 Å². The van der Waals surface area contributed by atoms with Gasteiger partial charge in [-0.1, -0.05) is 111 Å². The molecule has 4 heteroatoms. The number of anilines is 6. The van der Waals surface area contributed by atoms with E-state index in [-0.39, 0.29) is 0 Å². The molecule has 0 bridgehead atoms. The Bertz CT molecular complexity index is 2400. The largest absolute Gasteiger partial charge is 0.310 e. The van der Waals surface area contributed by atoms with Gasteiger partial charge in [-0.15, -0.1) is 0 Å². The normalized spacial score (nSPS) is 11.6. The second kappa shape index (κ2) is 11.7. The molecule has 8 rings (SSSR count). The van der Waals surface area contributed by atoms with Gasteiger partial charge in [-0.3, -0.25) is 0 Å². The lowest BCUT2D eigenvalue weighted by molar-refractivity contribution is 1.30. The van der Waals surface area contributed by atoms with E-state index in [0.29, 0.717) is 5.56 Å². The third kappa shape index (κ3) is 4.97. The van der Waals surface area contributed by atoms with Crippen LogP contribution in [0.4, 0.5) is 34.1 Å². The number of nitriles is 1. The van der Waals surface area contributed by atoms with Gasteiger partial charge < -0.3 is 9.80 Å². The molecule has 0 spiro atoms. The van der Waals surface area contributed by atoms with Gasteiger partial charge in [0.05, 0.1) is 31.1 Å². The Kier molecular flexibility index (Phi) is 7.21. The first-order chi connectivity index (χ1) is 23.4. The Labute approximate surface area is 282 Å². The minimum absolute atomic E-state index is 0.654. The molecular formula is C44H35N3Si. The summed E-state index contributed by atoms with van der Waals surface area (Å²) in [5.41, 5.74) is 7.39. The van der Waals surface area contributed by atoms with E-state index in [1.807, 2.05) is 12.1 Å².